The second-order valence-electron chi connectivity index (χ2n) is 5.22. The van der Waals surface area contributed by atoms with Crippen molar-refractivity contribution < 1.29 is 0 Å². The number of rotatable bonds is 2. The smallest absolute Gasteiger partial charge is 0.0953 e. The highest BCUT2D eigenvalue weighted by Crippen LogP contribution is 2.37. The molecule has 4 heteroatoms. The third-order valence-corrected chi connectivity index (χ3v) is 3.86. The first-order chi connectivity index (χ1) is 8.75. The lowest BCUT2D eigenvalue weighted by atomic mass is 10.1. The number of hydrogen-bond donors (Lipinski definition) is 1. The molecule has 0 bridgehead atoms. The van der Waals surface area contributed by atoms with E-state index < -0.39 is 0 Å². The molecule has 1 aliphatic carbocycles. The predicted molar refractivity (Wildman–Crippen MR) is 71.9 cm³/mol. The van der Waals surface area contributed by atoms with Crippen LogP contribution >= 0.6 is 0 Å². The van der Waals surface area contributed by atoms with Crippen LogP contribution in [-0.4, -0.2) is 14.5 Å². The molecule has 1 aliphatic rings. The Morgan fingerprint density at radius 2 is 2.17 bits per heavy atom. The minimum absolute atomic E-state index is 0.553. The van der Waals surface area contributed by atoms with Crippen LogP contribution in [0.4, 0.5) is 5.69 Å². The highest BCUT2D eigenvalue weighted by Gasteiger charge is 2.24. The molecule has 0 spiro atoms. The first-order valence-electron chi connectivity index (χ1n) is 6.47. The average molecular weight is 242 g/mol. The van der Waals surface area contributed by atoms with E-state index in [0.29, 0.717) is 6.04 Å². The standard InChI is InChI=1S/C14H18N4/c1-10-2-3-11(6-10)18-9-17-8-14(18)12-7-16-5-4-13(12)15/h4-5,7-11H,2-3,6H2,1H3,(H2,15,16). The van der Waals surface area contributed by atoms with Crippen LogP contribution in [0.5, 0.6) is 0 Å². The number of imidazole rings is 1. The van der Waals surface area contributed by atoms with Gasteiger partial charge in [0.1, 0.15) is 0 Å². The third kappa shape index (κ3) is 1.88. The molecule has 2 heterocycles. The number of nitrogen functional groups attached to an aromatic ring is 1. The van der Waals surface area contributed by atoms with Gasteiger partial charge >= 0.3 is 0 Å². The summed E-state index contributed by atoms with van der Waals surface area (Å²) in [5, 5.41) is 0. The molecule has 1 fully saturated rings. The van der Waals surface area contributed by atoms with Crippen LogP contribution in [0.3, 0.4) is 0 Å². The fourth-order valence-electron chi connectivity index (χ4n) is 2.85. The van der Waals surface area contributed by atoms with Gasteiger partial charge in [0.15, 0.2) is 0 Å². The predicted octanol–water partition coefficient (Wildman–Crippen LogP) is 2.89. The molecule has 2 aromatic heterocycles. The molecule has 0 saturated heterocycles. The summed E-state index contributed by atoms with van der Waals surface area (Å²) in [5.41, 5.74) is 8.85. The van der Waals surface area contributed by atoms with Crippen molar-refractivity contribution in [2.24, 2.45) is 5.92 Å². The fourth-order valence-corrected chi connectivity index (χ4v) is 2.85. The number of aromatic nitrogens is 3. The van der Waals surface area contributed by atoms with Gasteiger partial charge in [-0.15, -0.1) is 0 Å². The Hall–Kier alpha value is -1.84. The summed E-state index contributed by atoms with van der Waals surface area (Å²) in [4.78, 5) is 8.45. The molecule has 3 rings (SSSR count). The molecule has 2 unspecified atom stereocenters. The van der Waals surface area contributed by atoms with E-state index in [2.05, 4.69) is 21.5 Å². The maximum atomic E-state index is 6.03. The minimum atomic E-state index is 0.553. The topological polar surface area (TPSA) is 56.7 Å². The maximum Gasteiger partial charge on any atom is 0.0953 e. The highest BCUT2D eigenvalue weighted by molar-refractivity contribution is 5.72. The summed E-state index contributed by atoms with van der Waals surface area (Å²) in [6.07, 6.45) is 11.1. The van der Waals surface area contributed by atoms with Gasteiger partial charge in [-0.25, -0.2) is 4.98 Å². The van der Waals surface area contributed by atoms with Crippen molar-refractivity contribution in [2.45, 2.75) is 32.2 Å². The van der Waals surface area contributed by atoms with E-state index >= 15 is 0 Å². The molecule has 1 saturated carbocycles. The highest BCUT2D eigenvalue weighted by atomic mass is 15.1. The zero-order valence-corrected chi connectivity index (χ0v) is 10.6. The molecule has 0 aliphatic heterocycles. The van der Waals surface area contributed by atoms with Gasteiger partial charge in [0.25, 0.3) is 0 Å². The van der Waals surface area contributed by atoms with Crippen molar-refractivity contribution in [2.75, 3.05) is 5.73 Å². The third-order valence-electron chi connectivity index (χ3n) is 3.86. The first kappa shape index (κ1) is 11.3. The van der Waals surface area contributed by atoms with E-state index in [-0.39, 0.29) is 0 Å². The Balaban J connectivity index is 1.99. The molecule has 0 amide bonds. The molecule has 0 radical (unpaired) electrons. The maximum absolute atomic E-state index is 6.03. The van der Waals surface area contributed by atoms with Crippen molar-refractivity contribution in [3.63, 3.8) is 0 Å². The molecule has 2 atom stereocenters. The van der Waals surface area contributed by atoms with Crippen molar-refractivity contribution in [3.05, 3.63) is 31.0 Å². The second kappa shape index (κ2) is 4.44. The van der Waals surface area contributed by atoms with E-state index in [0.717, 1.165) is 22.9 Å². The quantitative estimate of drug-likeness (QED) is 0.881. The number of pyridine rings is 1. The van der Waals surface area contributed by atoms with Crippen LogP contribution in [-0.2, 0) is 0 Å². The van der Waals surface area contributed by atoms with Crippen LogP contribution in [0.25, 0.3) is 11.3 Å². The Kier molecular flexibility index (Phi) is 2.78. The van der Waals surface area contributed by atoms with E-state index in [1.54, 1.807) is 6.20 Å². The molecular weight excluding hydrogens is 224 g/mol. The number of anilines is 1. The van der Waals surface area contributed by atoms with Crippen molar-refractivity contribution >= 4 is 5.69 Å². The molecule has 94 valence electrons. The lowest BCUT2D eigenvalue weighted by Crippen LogP contribution is -2.06. The van der Waals surface area contributed by atoms with Crippen LogP contribution < -0.4 is 5.73 Å². The van der Waals surface area contributed by atoms with Gasteiger partial charge in [-0.2, -0.15) is 0 Å². The SMILES string of the molecule is CC1CCC(n2cncc2-c2cnccc2N)C1. The lowest BCUT2D eigenvalue weighted by Gasteiger charge is -2.16. The fraction of sp³-hybridized carbons (Fsp3) is 0.429. The molecule has 4 nitrogen and oxygen atoms in total. The summed E-state index contributed by atoms with van der Waals surface area (Å²) in [6.45, 7) is 2.31. The molecule has 2 aromatic rings. The van der Waals surface area contributed by atoms with E-state index in [1.807, 2.05) is 24.8 Å². The minimum Gasteiger partial charge on any atom is -0.398 e. The molecule has 0 aromatic carbocycles. The van der Waals surface area contributed by atoms with Crippen LogP contribution in [0.1, 0.15) is 32.2 Å². The number of hydrogen-bond acceptors (Lipinski definition) is 3. The second-order valence-corrected chi connectivity index (χ2v) is 5.22. The van der Waals surface area contributed by atoms with Crippen LogP contribution in [0, 0.1) is 5.92 Å². The molecule has 18 heavy (non-hydrogen) atoms. The van der Waals surface area contributed by atoms with Crippen LogP contribution in [0.2, 0.25) is 0 Å². The van der Waals surface area contributed by atoms with Crippen LogP contribution in [0.15, 0.2) is 31.0 Å². The van der Waals surface area contributed by atoms with E-state index in [1.165, 1.54) is 19.3 Å². The van der Waals surface area contributed by atoms with Gasteiger partial charge in [-0.1, -0.05) is 6.92 Å². The van der Waals surface area contributed by atoms with Crippen molar-refractivity contribution in [1.82, 2.24) is 14.5 Å². The Labute approximate surface area is 107 Å². The lowest BCUT2D eigenvalue weighted by molar-refractivity contribution is 0.497. The monoisotopic (exact) mass is 242 g/mol. The molecular formula is C14H18N4. The summed E-state index contributed by atoms with van der Waals surface area (Å²) in [6, 6.07) is 2.39. The Morgan fingerprint density at radius 1 is 1.28 bits per heavy atom. The van der Waals surface area contributed by atoms with Gasteiger partial charge in [0.2, 0.25) is 0 Å². The Bertz CT molecular complexity index is 546. The van der Waals surface area contributed by atoms with Crippen molar-refractivity contribution in [1.29, 1.82) is 0 Å². The van der Waals surface area contributed by atoms with Gasteiger partial charge in [0, 0.05) is 29.7 Å². The van der Waals surface area contributed by atoms with Gasteiger partial charge in [0.05, 0.1) is 18.2 Å². The zero-order valence-electron chi connectivity index (χ0n) is 10.6. The average Bonchev–Trinajstić information content (AvgIpc) is 2.98. The first-order valence-corrected chi connectivity index (χ1v) is 6.47. The van der Waals surface area contributed by atoms with Crippen molar-refractivity contribution in [3.8, 4) is 11.3 Å². The largest absolute Gasteiger partial charge is 0.398 e. The van der Waals surface area contributed by atoms with Gasteiger partial charge < -0.3 is 10.3 Å². The number of nitrogens with zero attached hydrogens (tertiary/aromatic N) is 3. The summed E-state index contributed by atoms with van der Waals surface area (Å²) in [7, 11) is 0. The number of nitrogens with two attached hydrogens (primary N) is 1. The van der Waals surface area contributed by atoms with Gasteiger partial charge in [-0.05, 0) is 31.2 Å². The summed E-state index contributed by atoms with van der Waals surface area (Å²) >= 11 is 0. The molecule has 2 N–H and O–H groups in total. The summed E-state index contributed by atoms with van der Waals surface area (Å²) < 4.78 is 2.26. The normalized spacial score (nSPS) is 23.4. The Morgan fingerprint density at radius 3 is 2.89 bits per heavy atom. The summed E-state index contributed by atoms with van der Waals surface area (Å²) in [5.74, 6) is 0.802. The van der Waals surface area contributed by atoms with E-state index in [9.17, 15) is 0 Å². The van der Waals surface area contributed by atoms with E-state index in [4.69, 9.17) is 5.73 Å². The van der Waals surface area contributed by atoms with Gasteiger partial charge in [-0.3, -0.25) is 4.98 Å². The zero-order chi connectivity index (χ0) is 12.5.